The molecule has 7 heteroatoms. The molecule has 0 radical (unpaired) electrons. The largest absolute Gasteiger partial charge is 0.475 e. The van der Waals surface area contributed by atoms with E-state index in [1.165, 1.54) is 4.90 Å². The van der Waals surface area contributed by atoms with Gasteiger partial charge in [-0.1, -0.05) is 11.2 Å². The summed E-state index contributed by atoms with van der Waals surface area (Å²) in [6.45, 7) is 0.301. The normalized spacial score (nSPS) is 10.2. The van der Waals surface area contributed by atoms with Gasteiger partial charge in [0.15, 0.2) is 5.69 Å². The van der Waals surface area contributed by atoms with Crippen molar-refractivity contribution >= 4 is 11.9 Å². The molecule has 0 aromatic carbocycles. The molecule has 0 unspecified atom stereocenters. The van der Waals surface area contributed by atoms with Crippen molar-refractivity contribution in [1.29, 1.82) is 0 Å². The Labute approximate surface area is 108 Å². The molecule has 0 aliphatic rings. The van der Waals surface area contributed by atoms with Crippen molar-refractivity contribution in [2.75, 3.05) is 7.05 Å². The number of amides is 1. The number of aromatic carboxylic acids is 1. The standard InChI is InChI=1S/C12H11N3O4/c1-15(7-8-4-2-3-5-13-8)11(16)9-6-10(12(17)18)19-14-9/h2-6H,7H2,1H3,(H,17,18). The molecule has 0 bridgehead atoms. The highest BCUT2D eigenvalue weighted by Gasteiger charge is 2.19. The first-order valence-corrected chi connectivity index (χ1v) is 5.43. The zero-order chi connectivity index (χ0) is 13.8. The van der Waals surface area contributed by atoms with Crippen LogP contribution in [0.3, 0.4) is 0 Å². The fourth-order valence-electron chi connectivity index (χ4n) is 1.48. The van der Waals surface area contributed by atoms with Crippen LogP contribution in [0.2, 0.25) is 0 Å². The monoisotopic (exact) mass is 261 g/mol. The Morgan fingerprint density at radius 1 is 1.42 bits per heavy atom. The highest BCUT2D eigenvalue weighted by molar-refractivity contribution is 5.94. The van der Waals surface area contributed by atoms with E-state index in [4.69, 9.17) is 5.11 Å². The van der Waals surface area contributed by atoms with E-state index in [0.717, 1.165) is 11.8 Å². The quantitative estimate of drug-likeness (QED) is 0.883. The number of pyridine rings is 1. The molecule has 0 aliphatic heterocycles. The average molecular weight is 261 g/mol. The van der Waals surface area contributed by atoms with Gasteiger partial charge in [0.2, 0.25) is 5.76 Å². The third-order valence-electron chi connectivity index (χ3n) is 2.41. The van der Waals surface area contributed by atoms with Crippen molar-refractivity contribution in [3.05, 3.63) is 47.6 Å². The second kappa shape index (κ2) is 5.30. The lowest BCUT2D eigenvalue weighted by Crippen LogP contribution is -2.26. The predicted molar refractivity (Wildman–Crippen MR) is 63.5 cm³/mol. The Morgan fingerprint density at radius 2 is 2.21 bits per heavy atom. The van der Waals surface area contributed by atoms with Gasteiger partial charge in [0.05, 0.1) is 12.2 Å². The smallest absolute Gasteiger partial charge is 0.374 e. The van der Waals surface area contributed by atoms with Gasteiger partial charge in [-0.05, 0) is 12.1 Å². The molecule has 0 spiro atoms. The van der Waals surface area contributed by atoms with Gasteiger partial charge in [0, 0.05) is 19.3 Å². The van der Waals surface area contributed by atoms with Gasteiger partial charge in [-0.3, -0.25) is 9.78 Å². The van der Waals surface area contributed by atoms with Gasteiger partial charge in [-0.2, -0.15) is 0 Å². The predicted octanol–water partition coefficient (Wildman–Crippen LogP) is 1.04. The van der Waals surface area contributed by atoms with Crippen molar-refractivity contribution in [2.45, 2.75) is 6.54 Å². The summed E-state index contributed by atoms with van der Waals surface area (Å²) < 4.78 is 4.53. The molecule has 7 nitrogen and oxygen atoms in total. The number of carboxylic acids is 1. The summed E-state index contributed by atoms with van der Waals surface area (Å²) in [5, 5.41) is 12.1. The minimum atomic E-state index is -1.26. The van der Waals surface area contributed by atoms with E-state index in [1.807, 2.05) is 6.07 Å². The summed E-state index contributed by atoms with van der Waals surface area (Å²) in [6, 6.07) is 6.48. The Balaban J connectivity index is 2.08. The number of rotatable bonds is 4. The SMILES string of the molecule is CN(Cc1ccccn1)C(=O)c1cc(C(=O)O)on1. The average Bonchev–Trinajstić information content (AvgIpc) is 2.88. The van der Waals surface area contributed by atoms with Crippen LogP contribution in [0, 0.1) is 0 Å². The number of hydrogen-bond acceptors (Lipinski definition) is 5. The number of carbonyl (C=O) groups excluding carboxylic acids is 1. The topological polar surface area (TPSA) is 96.5 Å². The third-order valence-corrected chi connectivity index (χ3v) is 2.41. The Bertz CT molecular complexity index is 594. The Kier molecular flexibility index (Phi) is 3.56. The van der Waals surface area contributed by atoms with Crippen LogP contribution in [0.4, 0.5) is 0 Å². The van der Waals surface area contributed by atoms with Gasteiger partial charge in [0.25, 0.3) is 5.91 Å². The zero-order valence-electron chi connectivity index (χ0n) is 10.1. The zero-order valence-corrected chi connectivity index (χ0v) is 10.1. The molecule has 2 aromatic heterocycles. The summed E-state index contributed by atoms with van der Waals surface area (Å²) >= 11 is 0. The molecular weight excluding hydrogens is 250 g/mol. The van der Waals surface area contributed by atoms with Gasteiger partial charge < -0.3 is 14.5 Å². The maximum atomic E-state index is 12.0. The third kappa shape index (κ3) is 2.95. The van der Waals surface area contributed by atoms with Crippen LogP contribution in [0.5, 0.6) is 0 Å². The Hall–Kier alpha value is -2.70. The molecule has 2 heterocycles. The van der Waals surface area contributed by atoms with Crippen LogP contribution in [0.25, 0.3) is 0 Å². The number of carbonyl (C=O) groups is 2. The van der Waals surface area contributed by atoms with Crippen molar-refractivity contribution in [3.63, 3.8) is 0 Å². The molecule has 0 atom stereocenters. The fraction of sp³-hybridized carbons (Fsp3) is 0.167. The molecule has 0 aliphatic carbocycles. The van der Waals surface area contributed by atoms with E-state index in [0.29, 0.717) is 6.54 Å². The lowest BCUT2D eigenvalue weighted by Gasteiger charge is -2.14. The molecule has 0 saturated carbocycles. The summed E-state index contributed by atoms with van der Waals surface area (Å²) in [5.74, 6) is -2.06. The molecule has 0 fully saturated rings. The van der Waals surface area contributed by atoms with Crippen LogP contribution in [0.1, 0.15) is 26.7 Å². The molecule has 2 rings (SSSR count). The van der Waals surface area contributed by atoms with E-state index in [2.05, 4.69) is 14.7 Å². The van der Waals surface area contributed by atoms with E-state index in [-0.39, 0.29) is 11.5 Å². The Morgan fingerprint density at radius 3 is 2.79 bits per heavy atom. The molecular formula is C12H11N3O4. The maximum Gasteiger partial charge on any atom is 0.374 e. The van der Waals surface area contributed by atoms with Crippen molar-refractivity contribution in [2.24, 2.45) is 0 Å². The van der Waals surface area contributed by atoms with E-state index >= 15 is 0 Å². The highest BCUT2D eigenvalue weighted by Crippen LogP contribution is 2.08. The van der Waals surface area contributed by atoms with Crippen LogP contribution in [-0.2, 0) is 6.54 Å². The fourth-order valence-corrected chi connectivity index (χ4v) is 1.48. The van der Waals surface area contributed by atoms with Crippen LogP contribution in [0.15, 0.2) is 35.0 Å². The van der Waals surface area contributed by atoms with Crippen molar-refractivity contribution in [3.8, 4) is 0 Å². The molecule has 0 saturated heterocycles. The van der Waals surface area contributed by atoms with Crippen molar-refractivity contribution < 1.29 is 19.2 Å². The summed E-state index contributed by atoms with van der Waals surface area (Å²) in [4.78, 5) is 28.1. The lowest BCUT2D eigenvalue weighted by atomic mass is 10.3. The molecule has 19 heavy (non-hydrogen) atoms. The molecule has 1 N–H and O–H groups in total. The first kappa shape index (κ1) is 12.7. The van der Waals surface area contributed by atoms with Crippen LogP contribution >= 0.6 is 0 Å². The molecule has 2 aromatic rings. The number of carboxylic acid groups (broad SMARTS) is 1. The maximum absolute atomic E-state index is 12.0. The first-order chi connectivity index (χ1) is 9.08. The summed E-state index contributed by atoms with van der Waals surface area (Å²) in [5.41, 5.74) is 0.677. The van der Waals surface area contributed by atoms with Crippen molar-refractivity contribution in [1.82, 2.24) is 15.0 Å². The van der Waals surface area contributed by atoms with Gasteiger partial charge in [0.1, 0.15) is 0 Å². The van der Waals surface area contributed by atoms with E-state index in [9.17, 15) is 9.59 Å². The number of aromatic nitrogens is 2. The van der Waals surface area contributed by atoms with E-state index < -0.39 is 11.9 Å². The molecule has 1 amide bonds. The minimum absolute atomic E-state index is 0.0455. The van der Waals surface area contributed by atoms with Crippen LogP contribution in [-0.4, -0.2) is 39.1 Å². The van der Waals surface area contributed by atoms with E-state index in [1.54, 1.807) is 25.4 Å². The highest BCUT2D eigenvalue weighted by atomic mass is 16.5. The second-order valence-corrected chi connectivity index (χ2v) is 3.86. The van der Waals surface area contributed by atoms with Gasteiger partial charge >= 0.3 is 5.97 Å². The first-order valence-electron chi connectivity index (χ1n) is 5.43. The second-order valence-electron chi connectivity index (χ2n) is 3.86. The number of nitrogens with zero attached hydrogens (tertiary/aromatic N) is 3. The van der Waals surface area contributed by atoms with Crippen LogP contribution < -0.4 is 0 Å². The van der Waals surface area contributed by atoms with Gasteiger partial charge in [-0.25, -0.2) is 4.79 Å². The molecule has 98 valence electrons. The summed E-state index contributed by atoms with van der Waals surface area (Å²) in [7, 11) is 1.58. The summed E-state index contributed by atoms with van der Waals surface area (Å²) in [6.07, 6.45) is 1.63. The van der Waals surface area contributed by atoms with Gasteiger partial charge in [-0.15, -0.1) is 0 Å². The number of hydrogen-bond donors (Lipinski definition) is 1. The minimum Gasteiger partial charge on any atom is -0.475 e. The lowest BCUT2D eigenvalue weighted by molar-refractivity contribution is 0.0649.